The third-order valence-electron chi connectivity index (χ3n) is 2.55. The Bertz CT molecular complexity index is 403. The van der Waals surface area contributed by atoms with Gasteiger partial charge in [-0.1, -0.05) is 6.92 Å². The first-order chi connectivity index (χ1) is 7.54. The van der Waals surface area contributed by atoms with E-state index in [-0.39, 0.29) is 11.8 Å². The largest absolute Gasteiger partial charge is 0.311 e. The lowest BCUT2D eigenvalue weighted by Crippen LogP contribution is -2.19. The molecule has 0 aliphatic heterocycles. The molecule has 1 fully saturated rings. The number of carbonyl (C=O) groups is 1. The number of nitrogens with zero attached hydrogens (tertiary/aromatic N) is 2. The van der Waals surface area contributed by atoms with Gasteiger partial charge in [-0.25, -0.2) is 4.68 Å². The highest BCUT2D eigenvalue weighted by Gasteiger charge is 2.56. The Labute approximate surface area is 104 Å². The van der Waals surface area contributed by atoms with E-state index >= 15 is 0 Å². The van der Waals surface area contributed by atoms with Crippen molar-refractivity contribution < 1.29 is 4.79 Å². The van der Waals surface area contributed by atoms with Crippen molar-refractivity contribution in [3.05, 3.63) is 12.3 Å². The van der Waals surface area contributed by atoms with E-state index in [9.17, 15) is 4.79 Å². The smallest absolute Gasteiger partial charge is 0.231 e. The van der Waals surface area contributed by atoms with E-state index in [1.165, 1.54) is 0 Å². The molecule has 16 heavy (non-hydrogen) atoms. The standard InChI is InChI=1S/C10H13Cl2N3O/c1-2-5-15-8(3-4-13-15)14-9(16)7-6-10(7,11)12/h3-4,7H,2,5-6H2,1H3,(H,14,16). The lowest BCUT2D eigenvalue weighted by atomic mass is 10.4. The van der Waals surface area contributed by atoms with Gasteiger partial charge in [0.15, 0.2) is 0 Å². The van der Waals surface area contributed by atoms with Crippen LogP contribution in [-0.2, 0) is 11.3 Å². The maximum absolute atomic E-state index is 11.7. The number of nitrogens with one attached hydrogen (secondary N) is 1. The van der Waals surface area contributed by atoms with Crippen LogP contribution in [0.25, 0.3) is 0 Å². The molecule has 88 valence electrons. The molecule has 2 rings (SSSR count). The molecule has 1 aromatic rings. The second-order valence-electron chi connectivity index (χ2n) is 3.95. The Kier molecular flexibility index (Phi) is 3.13. The van der Waals surface area contributed by atoms with Gasteiger partial charge >= 0.3 is 0 Å². The number of rotatable bonds is 4. The Hall–Kier alpha value is -0.740. The molecule has 1 heterocycles. The molecule has 1 aromatic heterocycles. The summed E-state index contributed by atoms with van der Waals surface area (Å²) in [6.45, 7) is 2.83. The zero-order valence-electron chi connectivity index (χ0n) is 8.91. The highest BCUT2D eigenvalue weighted by Crippen LogP contribution is 2.53. The van der Waals surface area contributed by atoms with Crippen LogP contribution >= 0.6 is 23.2 Å². The summed E-state index contributed by atoms with van der Waals surface area (Å²) >= 11 is 11.7. The zero-order chi connectivity index (χ0) is 11.8. The van der Waals surface area contributed by atoms with Crippen LogP contribution in [0.2, 0.25) is 0 Å². The summed E-state index contributed by atoms with van der Waals surface area (Å²) in [6, 6.07) is 1.76. The summed E-state index contributed by atoms with van der Waals surface area (Å²) in [5.41, 5.74) is 0. The number of halogens is 2. The summed E-state index contributed by atoms with van der Waals surface area (Å²) in [7, 11) is 0. The monoisotopic (exact) mass is 261 g/mol. The molecule has 0 saturated heterocycles. The molecule has 1 saturated carbocycles. The minimum atomic E-state index is -0.875. The molecule has 0 aromatic carbocycles. The van der Waals surface area contributed by atoms with Gasteiger partial charge < -0.3 is 5.32 Å². The number of aromatic nitrogens is 2. The molecular formula is C10H13Cl2N3O. The lowest BCUT2D eigenvalue weighted by molar-refractivity contribution is -0.117. The van der Waals surface area contributed by atoms with Gasteiger partial charge in [-0.2, -0.15) is 5.10 Å². The van der Waals surface area contributed by atoms with Gasteiger partial charge in [-0.05, 0) is 12.8 Å². The second kappa shape index (κ2) is 4.26. The molecule has 0 spiro atoms. The first kappa shape index (κ1) is 11.7. The van der Waals surface area contributed by atoms with Crippen molar-refractivity contribution in [1.82, 2.24) is 9.78 Å². The van der Waals surface area contributed by atoms with Crippen LogP contribution in [-0.4, -0.2) is 20.0 Å². The van der Waals surface area contributed by atoms with Crippen LogP contribution in [0, 0.1) is 5.92 Å². The number of amides is 1. The summed E-state index contributed by atoms with van der Waals surface area (Å²) < 4.78 is 0.879. The number of anilines is 1. The van der Waals surface area contributed by atoms with E-state index in [1.54, 1.807) is 16.9 Å². The number of hydrogen-bond acceptors (Lipinski definition) is 2. The van der Waals surface area contributed by atoms with Crippen molar-refractivity contribution in [1.29, 1.82) is 0 Å². The van der Waals surface area contributed by atoms with Crippen molar-refractivity contribution in [3.8, 4) is 0 Å². The SMILES string of the molecule is CCCn1nccc1NC(=O)C1CC1(Cl)Cl. The molecule has 1 atom stereocenters. The van der Waals surface area contributed by atoms with Crippen molar-refractivity contribution in [2.45, 2.75) is 30.6 Å². The molecule has 4 nitrogen and oxygen atoms in total. The van der Waals surface area contributed by atoms with Gasteiger partial charge in [0.05, 0.1) is 12.1 Å². The normalized spacial score (nSPS) is 21.8. The lowest BCUT2D eigenvalue weighted by Gasteiger charge is -2.07. The van der Waals surface area contributed by atoms with Crippen molar-refractivity contribution in [2.75, 3.05) is 5.32 Å². The van der Waals surface area contributed by atoms with Crippen molar-refractivity contribution >= 4 is 34.9 Å². The van der Waals surface area contributed by atoms with E-state index in [2.05, 4.69) is 17.3 Å². The van der Waals surface area contributed by atoms with Crippen LogP contribution in [0.3, 0.4) is 0 Å². The second-order valence-corrected chi connectivity index (χ2v) is 5.49. The predicted octanol–water partition coefficient (Wildman–Crippen LogP) is 2.43. The molecular weight excluding hydrogens is 249 g/mol. The zero-order valence-corrected chi connectivity index (χ0v) is 10.4. The quantitative estimate of drug-likeness (QED) is 0.847. The van der Waals surface area contributed by atoms with Gasteiger partial charge in [0.1, 0.15) is 10.2 Å². The Balaban J connectivity index is 1.99. The number of aryl methyl sites for hydroxylation is 1. The van der Waals surface area contributed by atoms with Crippen LogP contribution in [0.4, 0.5) is 5.82 Å². The average Bonchev–Trinajstić information content (AvgIpc) is 2.65. The van der Waals surface area contributed by atoms with Crippen LogP contribution in [0.15, 0.2) is 12.3 Å². The summed E-state index contributed by atoms with van der Waals surface area (Å²) in [5, 5.41) is 6.90. The predicted molar refractivity (Wildman–Crippen MR) is 63.7 cm³/mol. The summed E-state index contributed by atoms with van der Waals surface area (Å²) in [4.78, 5) is 11.7. The summed E-state index contributed by atoms with van der Waals surface area (Å²) in [6.07, 6.45) is 3.14. The van der Waals surface area contributed by atoms with E-state index in [0.29, 0.717) is 12.2 Å². The fourth-order valence-corrected chi connectivity index (χ4v) is 2.05. The fraction of sp³-hybridized carbons (Fsp3) is 0.600. The van der Waals surface area contributed by atoms with Gasteiger partial charge in [0.25, 0.3) is 0 Å². The van der Waals surface area contributed by atoms with Gasteiger partial charge in [0, 0.05) is 12.6 Å². The molecule has 6 heteroatoms. The minimum Gasteiger partial charge on any atom is -0.311 e. The van der Waals surface area contributed by atoms with E-state index in [4.69, 9.17) is 23.2 Å². The number of carbonyl (C=O) groups excluding carboxylic acids is 1. The van der Waals surface area contributed by atoms with Gasteiger partial charge in [-0.3, -0.25) is 4.79 Å². The molecule has 1 amide bonds. The molecule has 0 radical (unpaired) electrons. The molecule has 1 N–H and O–H groups in total. The van der Waals surface area contributed by atoms with E-state index in [1.807, 2.05) is 0 Å². The topological polar surface area (TPSA) is 46.9 Å². The first-order valence-electron chi connectivity index (χ1n) is 5.25. The first-order valence-corrected chi connectivity index (χ1v) is 6.00. The Morgan fingerprint density at radius 2 is 2.44 bits per heavy atom. The third-order valence-corrected chi connectivity index (χ3v) is 3.38. The summed E-state index contributed by atoms with van der Waals surface area (Å²) in [5.74, 6) is 0.256. The van der Waals surface area contributed by atoms with Gasteiger partial charge in [0.2, 0.25) is 5.91 Å². The van der Waals surface area contributed by atoms with E-state index < -0.39 is 4.33 Å². The molecule has 0 bridgehead atoms. The van der Waals surface area contributed by atoms with Crippen molar-refractivity contribution in [2.24, 2.45) is 5.92 Å². The highest BCUT2D eigenvalue weighted by atomic mass is 35.5. The highest BCUT2D eigenvalue weighted by molar-refractivity contribution is 6.52. The number of hydrogen-bond donors (Lipinski definition) is 1. The number of alkyl halides is 2. The van der Waals surface area contributed by atoms with Crippen LogP contribution < -0.4 is 5.32 Å². The van der Waals surface area contributed by atoms with Gasteiger partial charge in [-0.15, -0.1) is 23.2 Å². The minimum absolute atomic E-state index is 0.136. The fourth-order valence-electron chi connectivity index (χ4n) is 1.54. The van der Waals surface area contributed by atoms with Crippen LogP contribution in [0.5, 0.6) is 0 Å². The Morgan fingerprint density at radius 3 is 3.00 bits per heavy atom. The average molecular weight is 262 g/mol. The maximum atomic E-state index is 11.7. The van der Waals surface area contributed by atoms with Crippen LogP contribution in [0.1, 0.15) is 19.8 Å². The third kappa shape index (κ3) is 2.33. The molecule has 1 unspecified atom stereocenters. The van der Waals surface area contributed by atoms with E-state index in [0.717, 1.165) is 13.0 Å². The van der Waals surface area contributed by atoms with Crippen molar-refractivity contribution in [3.63, 3.8) is 0 Å². The Morgan fingerprint density at radius 1 is 1.75 bits per heavy atom. The molecule has 1 aliphatic carbocycles. The maximum Gasteiger partial charge on any atom is 0.231 e. The molecule has 1 aliphatic rings.